The summed E-state index contributed by atoms with van der Waals surface area (Å²) in [6.07, 6.45) is 2.06. The predicted octanol–water partition coefficient (Wildman–Crippen LogP) is 4.01. The number of amides is 2. The van der Waals surface area contributed by atoms with Gasteiger partial charge in [-0.05, 0) is 50.9 Å². The molecule has 0 radical (unpaired) electrons. The number of carbonyl (C=O) groups excluding carboxylic acids is 1. The topological polar surface area (TPSA) is 44.4 Å². The normalized spacial score (nSPS) is 13.6. The molecule has 2 amide bonds. The van der Waals surface area contributed by atoms with Gasteiger partial charge >= 0.3 is 6.03 Å². The molecule has 118 valence electrons. The second kappa shape index (κ2) is 8.67. The number of anilines is 1. The predicted molar refractivity (Wildman–Crippen MR) is 89.7 cm³/mol. The molecule has 0 aliphatic rings. The summed E-state index contributed by atoms with van der Waals surface area (Å²) in [4.78, 5) is 13.9. The van der Waals surface area contributed by atoms with Crippen LogP contribution in [-0.2, 0) is 0 Å². The van der Waals surface area contributed by atoms with Crippen LogP contribution in [0.1, 0.15) is 52.1 Å². The second-order valence-electron chi connectivity index (χ2n) is 5.60. The van der Waals surface area contributed by atoms with Crippen molar-refractivity contribution >= 4 is 11.7 Å². The van der Waals surface area contributed by atoms with Gasteiger partial charge in [-0.25, -0.2) is 4.79 Å². The Kier molecular flexibility index (Phi) is 7.23. The highest BCUT2D eigenvalue weighted by atomic mass is 16.2. The van der Waals surface area contributed by atoms with E-state index in [1.165, 1.54) is 5.56 Å². The van der Waals surface area contributed by atoms with Crippen molar-refractivity contribution in [1.29, 1.82) is 0 Å². The van der Waals surface area contributed by atoms with Crippen LogP contribution in [0.15, 0.2) is 24.3 Å². The molecule has 21 heavy (non-hydrogen) atoms. The third-order valence-electron chi connectivity index (χ3n) is 3.91. The van der Waals surface area contributed by atoms with Crippen LogP contribution in [0.4, 0.5) is 10.5 Å². The van der Waals surface area contributed by atoms with Crippen LogP contribution in [0.3, 0.4) is 0 Å². The van der Waals surface area contributed by atoms with Crippen LogP contribution < -0.4 is 10.6 Å². The summed E-state index contributed by atoms with van der Waals surface area (Å²) in [5, 5.41) is 6.42. The zero-order valence-electron chi connectivity index (χ0n) is 13.9. The van der Waals surface area contributed by atoms with E-state index in [0.717, 1.165) is 25.1 Å². The van der Waals surface area contributed by atoms with Crippen molar-refractivity contribution < 1.29 is 4.79 Å². The highest BCUT2D eigenvalue weighted by molar-refractivity contribution is 5.89. The van der Waals surface area contributed by atoms with Gasteiger partial charge in [-0.2, -0.15) is 0 Å². The van der Waals surface area contributed by atoms with Crippen LogP contribution >= 0.6 is 0 Å². The van der Waals surface area contributed by atoms with Gasteiger partial charge in [0.2, 0.25) is 0 Å². The first-order valence-electron chi connectivity index (χ1n) is 7.86. The Hall–Kier alpha value is -1.55. The van der Waals surface area contributed by atoms with Crippen molar-refractivity contribution in [2.45, 2.75) is 52.6 Å². The fourth-order valence-electron chi connectivity index (χ4n) is 2.05. The van der Waals surface area contributed by atoms with Crippen molar-refractivity contribution in [2.75, 3.05) is 18.9 Å². The monoisotopic (exact) mass is 291 g/mol. The average Bonchev–Trinajstić information content (AvgIpc) is 2.51. The third kappa shape index (κ3) is 5.38. The van der Waals surface area contributed by atoms with Crippen molar-refractivity contribution in [3.05, 3.63) is 29.8 Å². The molecule has 0 aliphatic heterocycles. The number of nitrogens with zero attached hydrogens (tertiary/aromatic N) is 1. The standard InChI is InChI=1S/C17H29N3O/c1-6-11-18-14(4)15-9-8-10-16(12-15)19-17(21)20(5)13(3)7-2/h8-10,12-14,18H,6-7,11H2,1-5H3,(H,19,21). The number of carbonyl (C=O) groups is 1. The van der Waals surface area contributed by atoms with Crippen molar-refractivity contribution in [3.63, 3.8) is 0 Å². The summed E-state index contributed by atoms with van der Waals surface area (Å²) in [5.74, 6) is 0. The van der Waals surface area contributed by atoms with E-state index in [-0.39, 0.29) is 18.1 Å². The molecule has 2 atom stereocenters. The van der Waals surface area contributed by atoms with Crippen LogP contribution in [-0.4, -0.2) is 30.6 Å². The summed E-state index contributed by atoms with van der Waals surface area (Å²) < 4.78 is 0. The molecular formula is C17H29N3O. The number of nitrogens with one attached hydrogen (secondary N) is 2. The Bertz CT molecular complexity index is 447. The molecule has 0 bridgehead atoms. The molecule has 4 nitrogen and oxygen atoms in total. The van der Waals surface area contributed by atoms with E-state index >= 15 is 0 Å². The van der Waals surface area contributed by atoms with Gasteiger partial charge in [0, 0.05) is 24.8 Å². The van der Waals surface area contributed by atoms with Gasteiger partial charge in [0.1, 0.15) is 0 Å². The minimum Gasteiger partial charge on any atom is -0.325 e. The highest BCUT2D eigenvalue weighted by Gasteiger charge is 2.14. The Labute approximate surface area is 128 Å². The largest absolute Gasteiger partial charge is 0.325 e. The Morgan fingerprint density at radius 2 is 2.00 bits per heavy atom. The maximum absolute atomic E-state index is 12.2. The number of urea groups is 1. The highest BCUT2D eigenvalue weighted by Crippen LogP contribution is 2.18. The van der Waals surface area contributed by atoms with Gasteiger partial charge in [-0.15, -0.1) is 0 Å². The molecular weight excluding hydrogens is 262 g/mol. The first-order chi connectivity index (χ1) is 9.99. The minimum absolute atomic E-state index is 0.0596. The number of benzene rings is 1. The molecule has 4 heteroatoms. The quantitative estimate of drug-likeness (QED) is 0.797. The Morgan fingerprint density at radius 1 is 1.29 bits per heavy atom. The number of hydrogen-bond donors (Lipinski definition) is 2. The van der Waals surface area contributed by atoms with Crippen molar-refractivity contribution in [3.8, 4) is 0 Å². The van der Waals surface area contributed by atoms with Gasteiger partial charge in [0.25, 0.3) is 0 Å². The molecule has 2 N–H and O–H groups in total. The van der Waals surface area contributed by atoms with Gasteiger partial charge in [0.05, 0.1) is 0 Å². The Morgan fingerprint density at radius 3 is 2.62 bits per heavy atom. The van der Waals surface area contributed by atoms with E-state index in [1.807, 2.05) is 32.2 Å². The molecule has 0 saturated carbocycles. The van der Waals surface area contributed by atoms with Gasteiger partial charge < -0.3 is 15.5 Å². The molecule has 2 unspecified atom stereocenters. The van der Waals surface area contributed by atoms with Crippen molar-refractivity contribution in [1.82, 2.24) is 10.2 Å². The summed E-state index contributed by atoms with van der Waals surface area (Å²) in [7, 11) is 1.83. The second-order valence-corrected chi connectivity index (χ2v) is 5.60. The zero-order valence-corrected chi connectivity index (χ0v) is 13.9. The lowest BCUT2D eigenvalue weighted by Crippen LogP contribution is -2.37. The molecule has 0 heterocycles. The van der Waals surface area contributed by atoms with E-state index < -0.39 is 0 Å². The fraction of sp³-hybridized carbons (Fsp3) is 0.588. The number of rotatable bonds is 7. The average molecular weight is 291 g/mol. The molecule has 0 fully saturated rings. The first-order valence-corrected chi connectivity index (χ1v) is 7.86. The van der Waals surface area contributed by atoms with Crippen molar-refractivity contribution in [2.24, 2.45) is 0 Å². The van der Waals surface area contributed by atoms with Gasteiger partial charge in [0.15, 0.2) is 0 Å². The van der Waals surface area contributed by atoms with Crippen LogP contribution in [0.25, 0.3) is 0 Å². The van der Waals surface area contributed by atoms with Gasteiger partial charge in [-0.1, -0.05) is 26.0 Å². The first kappa shape index (κ1) is 17.5. The summed E-state index contributed by atoms with van der Waals surface area (Å²) in [5.41, 5.74) is 2.03. The molecule has 0 aliphatic carbocycles. The molecule has 1 aromatic carbocycles. The molecule has 0 saturated heterocycles. The molecule has 1 rings (SSSR count). The lowest BCUT2D eigenvalue weighted by molar-refractivity contribution is 0.206. The summed E-state index contributed by atoms with van der Waals surface area (Å²) in [6.45, 7) is 9.42. The lowest BCUT2D eigenvalue weighted by atomic mass is 10.1. The van der Waals surface area contributed by atoms with E-state index in [0.29, 0.717) is 0 Å². The van der Waals surface area contributed by atoms with E-state index in [1.54, 1.807) is 4.90 Å². The fourth-order valence-corrected chi connectivity index (χ4v) is 2.05. The van der Waals surface area contributed by atoms with Crippen LogP contribution in [0.2, 0.25) is 0 Å². The maximum Gasteiger partial charge on any atom is 0.321 e. The Balaban J connectivity index is 2.70. The minimum atomic E-state index is -0.0596. The van der Waals surface area contributed by atoms with Gasteiger partial charge in [-0.3, -0.25) is 0 Å². The number of hydrogen-bond acceptors (Lipinski definition) is 2. The van der Waals surface area contributed by atoms with Crippen LogP contribution in [0.5, 0.6) is 0 Å². The lowest BCUT2D eigenvalue weighted by Gasteiger charge is -2.24. The molecule has 0 spiro atoms. The zero-order chi connectivity index (χ0) is 15.8. The third-order valence-corrected chi connectivity index (χ3v) is 3.91. The van der Waals surface area contributed by atoms with Crippen LogP contribution in [0, 0.1) is 0 Å². The molecule has 1 aromatic rings. The summed E-state index contributed by atoms with van der Waals surface area (Å²) >= 11 is 0. The smallest absolute Gasteiger partial charge is 0.321 e. The van der Waals surface area contributed by atoms with E-state index in [9.17, 15) is 4.79 Å². The SMILES string of the molecule is CCCNC(C)c1cccc(NC(=O)N(C)C(C)CC)c1. The molecule has 0 aromatic heterocycles. The van der Waals surface area contributed by atoms with E-state index in [2.05, 4.69) is 37.5 Å². The van der Waals surface area contributed by atoms with E-state index in [4.69, 9.17) is 0 Å². The maximum atomic E-state index is 12.2. The summed E-state index contributed by atoms with van der Waals surface area (Å²) in [6, 6.07) is 8.50.